The lowest BCUT2D eigenvalue weighted by Gasteiger charge is -2.20. The number of rotatable bonds is 2. The van der Waals surface area contributed by atoms with Gasteiger partial charge in [0.05, 0.1) is 17.7 Å². The molecular formula is C12H10N2O3. The first kappa shape index (κ1) is 11.1. The highest BCUT2D eigenvalue weighted by Crippen LogP contribution is 2.24. The summed E-state index contributed by atoms with van der Waals surface area (Å²) >= 11 is 0. The Morgan fingerprint density at radius 3 is 2.47 bits per heavy atom. The first-order valence-corrected chi connectivity index (χ1v) is 5.12. The molecule has 0 spiro atoms. The Bertz CT molecular complexity index is 485. The summed E-state index contributed by atoms with van der Waals surface area (Å²) in [5.41, 5.74) is 1.33. The van der Waals surface area contributed by atoms with Crippen LogP contribution in [0.5, 0.6) is 0 Å². The Hall–Kier alpha value is -2.35. The van der Waals surface area contributed by atoms with Crippen molar-refractivity contribution in [3.8, 4) is 6.07 Å². The summed E-state index contributed by atoms with van der Waals surface area (Å²) < 4.78 is 4.65. The van der Waals surface area contributed by atoms with Gasteiger partial charge in [0.15, 0.2) is 6.61 Å². The first-order valence-electron chi connectivity index (χ1n) is 5.12. The predicted molar refractivity (Wildman–Crippen MR) is 57.8 cm³/mol. The molecule has 2 amide bonds. The molecule has 1 aliphatic rings. The minimum atomic E-state index is -0.619. The van der Waals surface area contributed by atoms with Crippen LogP contribution >= 0.6 is 0 Å². The Morgan fingerprint density at radius 1 is 1.35 bits per heavy atom. The molecule has 5 heteroatoms. The molecule has 1 aromatic carbocycles. The fourth-order valence-electron chi connectivity index (χ4n) is 1.72. The monoisotopic (exact) mass is 230 g/mol. The molecule has 17 heavy (non-hydrogen) atoms. The van der Waals surface area contributed by atoms with Crippen LogP contribution in [0.25, 0.3) is 0 Å². The normalized spacial score (nSPS) is 16.6. The number of carbonyl (C=O) groups is 2. The average Bonchev–Trinajstić information content (AvgIpc) is 2.68. The fraction of sp³-hybridized carbons (Fsp3) is 0.250. The Kier molecular flexibility index (Phi) is 2.79. The maximum atomic E-state index is 11.5. The van der Waals surface area contributed by atoms with Crippen LogP contribution in [-0.2, 0) is 9.53 Å². The van der Waals surface area contributed by atoms with E-state index in [4.69, 9.17) is 5.26 Å². The number of amides is 2. The van der Waals surface area contributed by atoms with Gasteiger partial charge in [0.25, 0.3) is 5.91 Å². The molecule has 0 unspecified atom stereocenters. The van der Waals surface area contributed by atoms with E-state index in [2.05, 4.69) is 4.74 Å². The van der Waals surface area contributed by atoms with Crippen LogP contribution in [0, 0.1) is 11.3 Å². The number of hydrogen-bond acceptors (Lipinski definition) is 4. The van der Waals surface area contributed by atoms with Crippen molar-refractivity contribution >= 4 is 12.0 Å². The molecule has 0 aromatic heterocycles. The summed E-state index contributed by atoms with van der Waals surface area (Å²) in [6.07, 6.45) is -0.619. The Labute approximate surface area is 98.2 Å². The number of carbonyl (C=O) groups excluding carboxylic acids is 2. The van der Waals surface area contributed by atoms with E-state index in [1.165, 1.54) is 0 Å². The zero-order valence-electron chi connectivity index (χ0n) is 9.21. The zero-order valence-corrected chi connectivity index (χ0v) is 9.21. The quantitative estimate of drug-likeness (QED) is 0.773. The van der Waals surface area contributed by atoms with Crippen molar-refractivity contribution in [2.75, 3.05) is 6.61 Å². The number of benzene rings is 1. The molecule has 0 aliphatic carbocycles. The zero-order chi connectivity index (χ0) is 12.4. The van der Waals surface area contributed by atoms with Crippen LogP contribution in [0.4, 0.5) is 4.79 Å². The number of nitrogens with zero attached hydrogens (tertiary/aromatic N) is 2. The van der Waals surface area contributed by atoms with Crippen molar-refractivity contribution in [3.63, 3.8) is 0 Å². The molecule has 0 radical (unpaired) electrons. The van der Waals surface area contributed by atoms with Crippen molar-refractivity contribution in [2.24, 2.45) is 0 Å². The third-order valence-electron chi connectivity index (χ3n) is 2.69. The van der Waals surface area contributed by atoms with Gasteiger partial charge in [-0.25, -0.2) is 9.69 Å². The minimum Gasteiger partial charge on any atom is -0.439 e. The first-order chi connectivity index (χ1) is 8.13. The lowest BCUT2D eigenvalue weighted by atomic mass is 10.1. The third kappa shape index (κ3) is 1.97. The third-order valence-corrected chi connectivity index (χ3v) is 2.69. The van der Waals surface area contributed by atoms with E-state index in [9.17, 15) is 9.59 Å². The van der Waals surface area contributed by atoms with Gasteiger partial charge in [0.2, 0.25) is 0 Å². The maximum Gasteiger partial charge on any atom is 0.417 e. The van der Waals surface area contributed by atoms with Gasteiger partial charge in [-0.2, -0.15) is 5.26 Å². The van der Waals surface area contributed by atoms with E-state index in [-0.39, 0.29) is 18.6 Å². The number of hydrogen-bond donors (Lipinski definition) is 0. The van der Waals surface area contributed by atoms with E-state index in [0.717, 1.165) is 10.5 Å². The van der Waals surface area contributed by atoms with Crippen LogP contribution < -0.4 is 0 Å². The largest absolute Gasteiger partial charge is 0.439 e. The van der Waals surface area contributed by atoms with Gasteiger partial charge in [-0.3, -0.25) is 4.79 Å². The number of imide groups is 1. The van der Waals surface area contributed by atoms with E-state index < -0.39 is 6.09 Å². The topological polar surface area (TPSA) is 70.4 Å². The highest BCUT2D eigenvalue weighted by Gasteiger charge is 2.35. The van der Waals surface area contributed by atoms with Gasteiger partial charge in [0.1, 0.15) is 0 Å². The molecule has 1 heterocycles. The SMILES string of the molecule is C[C@H](c1ccc(C#N)cc1)N1C(=O)COC1=O. The second-order valence-corrected chi connectivity index (χ2v) is 3.73. The molecule has 86 valence electrons. The molecule has 0 bridgehead atoms. The highest BCUT2D eigenvalue weighted by molar-refractivity contribution is 5.98. The van der Waals surface area contributed by atoms with Crippen molar-refractivity contribution < 1.29 is 14.3 Å². The standard InChI is InChI=1S/C12H10N2O3/c1-8(14-11(15)7-17-12(14)16)10-4-2-9(6-13)3-5-10/h2-5,8H,7H2,1H3/t8-/m1/s1. The van der Waals surface area contributed by atoms with Gasteiger partial charge in [-0.05, 0) is 24.6 Å². The van der Waals surface area contributed by atoms with E-state index in [1.54, 1.807) is 31.2 Å². The Morgan fingerprint density at radius 2 is 2.00 bits per heavy atom. The number of ether oxygens (including phenoxy) is 1. The van der Waals surface area contributed by atoms with Crippen molar-refractivity contribution in [1.82, 2.24) is 4.90 Å². The minimum absolute atomic E-state index is 0.195. The maximum absolute atomic E-state index is 11.5. The van der Waals surface area contributed by atoms with Gasteiger partial charge >= 0.3 is 6.09 Å². The molecule has 2 rings (SSSR count). The summed E-state index contributed by atoms with van der Waals surface area (Å²) in [4.78, 5) is 23.9. The van der Waals surface area contributed by atoms with E-state index >= 15 is 0 Å². The van der Waals surface area contributed by atoms with Gasteiger partial charge < -0.3 is 4.74 Å². The van der Waals surface area contributed by atoms with Gasteiger partial charge in [-0.1, -0.05) is 12.1 Å². The molecule has 5 nitrogen and oxygen atoms in total. The smallest absolute Gasteiger partial charge is 0.417 e. The van der Waals surface area contributed by atoms with E-state index in [1.807, 2.05) is 6.07 Å². The van der Waals surface area contributed by atoms with Crippen molar-refractivity contribution in [2.45, 2.75) is 13.0 Å². The Balaban J connectivity index is 2.24. The summed E-state index contributed by atoms with van der Waals surface area (Å²) in [5, 5.41) is 8.67. The van der Waals surface area contributed by atoms with Crippen LogP contribution in [0.1, 0.15) is 24.1 Å². The molecular weight excluding hydrogens is 220 g/mol. The van der Waals surface area contributed by atoms with Crippen molar-refractivity contribution in [3.05, 3.63) is 35.4 Å². The predicted octanol–water partition coefficient (Wildman–Crippen LogP) is 1.60. The van der Waals surface area contributed by atoms with Gasteiger partial charge in [-0.15, -0.1) is 0 Å². The fourth-order valence-corrected chi connectivity index (χ4v) is 1.72. The summed E-state index contributed by atoms with van der Waals surface area (Å²) in [6.45, 7) is 1.55. The summed E-state index contributed by atoms with van der Waals surface area (Å²) in [7, 11) is 0. The lowest BCUT2D eigenvalue weighted by Crippen LogP contribution is -2.31. The van der Waals surface area contributed by atoms with Crippen LogP contribution in [0.15, 0.2) is 24.3 Å². The van der Waals surface area contributed by atoms with Crippen LogP contribution in [-0.4, -0.2) is 23.5 Å². The summed E-state index contributed by atoms with van der Waals surface area (Å²) in [6, 6.07) is 8.37. The molecule has 0 N–H and O–H groups in total. The van der Waals surface area contributed by atoms with E-state index in [0.29, 0.717) is 5.56 Å². The highest BCUT2D eigenvalue weighted by atomic mass is 16.6. The average molecular weight is 230 g/mol. The molecule has 0 saturated carbocycles. The van der Waals surface area contributed by atoms with Crippen LogP contribution in [0.2, 0.25) is 0 Å². The van der Waals surface area contributed by atoms with Crippen molar-refractivity contribution in [1.29, 1.82) is 5.26 Å². The molecule has 1 aromatic rings. The molecule has 1 saturated heterocycles. The number of cyclic esters (lactones) is 1. The second kappa shape index (κ2) is 4.26. The molecule has 1 atom stereocenters. The lowest BCUT2D eigenvalue weighted by molar-refractivity contribution is -0.127. The summed E-state index contributed by atoms with van der Waals surface area (Å²) in [5.74, 6) is -0.341. The molecule has 1 fully saturated rings. The van der Waals surface area contributed by atoms with Crippen LogP contribution in [0.3, 0.4) is 0 Å². The second-order valence-electron chi connectivity index (χ2n) is 3.73. The number of nitriles is 1. The molecule has 1 aliphatic heterocycles. The van der Waals surface area contributed by atoms with Gasteiger partial charge in [0, 0.05) is 0 Å².